The number of pyridine rings is 2. The largest absolute Gasteiger partial charge is 0.375 e. The fourth-order valence-electron chi connectivity index (χ4n) is 5.61. The molecule has 3 unspecified atom stereocenters. The Bertz CT molecular complexity index is 1820. The molecule has 0 N–H and O–H groups in total. The number of fused-ring (bicyclic) bond motifs is 1. The van der Waals surface area contributed by atoms with Crippen molar-refractivity contribution in [3.63, 3.8) is 0 Å². The summed E-state index contributed by atoms with van der Waals surface area (Å²) in [5.74, 6) is -4.23. The van der Waals surface area contributed by atoms with Gasteiger partial charge in [-0.1, -0.05) is 58.9 Å². The molecule has 236 valence electrons. The van der Waals surface area contributed by atoms with E-state index in [0.29, 0.717) is 10.7 Å². The van der Waals surface area contributed by atoms with E-state index in [4.69, 9.17) is 30.5 Å². The highest BCUT2D eigenvalue weighted by molar-refractivity contribution is 8.00. The van der Waals surface area contributed by atoms with Crippen LogP contribution in [0.25, 0.3) is 22.5 Å². The maximum absolute atomic E-state index is 14.1. The summed E-state index contributed by atoms with van der Waals surface area (Å²) < 4.78 is 68.8. The molecular weight excluding hydrogens is 643 g/mol. The molecule has 2 aliphatic rings. The molecule has 2 aliphatic heterocycles. The first kappa shape index (κ1) is 30.8. The van der Waals surface area contributed by atoms with E-state index in [9.17, 15) is 13.2 Å². The van der Waals surface area contributed by atoms with Gasteiger partial charge in [0.25, 0.3) is 0 Å². The highest BCUT2D eigenvalue weighted by atomic mass is 35.5. The first-order valence-electron chi connectivity index (χ1n) is 14.2. The lowest BCUT2D eigenvalue weighted by atomic mass is 9.95. The summed E-state index contributed by atoms with van der Waals surface area (Å²) in [6.45, 7) is 0.190. The fourth-order valence-corrected chi connectivity index (χ4v) is 7.17. The monoisotopic (exact) mass is 667 g/mol. The van der Waals surface area contributed by atoms with Gasteiger partial charge in [-0.3, -0.25) is 9.97 Å². The molecule has 14 heteroatoms. The number of methoxy groups -OCH3 is 1. The number of ether oxygens (including phenoxy) is 4. The van der Waals surface area contributed by atoms with Crippen LogP contribution in [0.4, 0.5) is 13.2 Å². The molecule has 6 atom stereocenters. The molecule has 0 bridgehead atoms. The van der Waals surface area contributed by atoms with Crippen LogP contribution in [0.2, 0.25) is 5.02 Å². The summed E-state index contributed by atoms with van der Waals surface area (Å²) in [6.07, 6.45) is 3.84. The number of halogens is 4. The van der Waals surface area contributed by atoms with Crippen LogP contribution in [0.5, 0.6) is 0 Å². The van der Waals surface area contributed by atoms with Crippen LogP contribution in [0.1, 0.15) is 17.9 Å². The molecule has 5 heterocycles. The van der Waals surface area contributed by atoms with E-state index in [1.165, 1.54) is 22.6 Å². The van der Waals surface area contributed by atoms with Gasteiger partial charge in [-0.05, 0) is 30.3 Å². The van der Waals surface area contributed by atoms with Gasteiger partial charge in [0.1, 0.15) is 35.5 Å². The van der Waals surface area contributed by atoms with Gasteiger partial charge < -0.3 is 18.9 Å². The summed E-state index contributed by atoms with van der Waals surface area (Å²) in [7, 11) is 1.55. The van der Waals surface area contributed by atoms with Crippen molar-refractivity contribution in [2.24, 2.45) is 0 Å². The second kappa shape index (κ2) is 13.1. The van der Waals surface area contributed by atoms with E-state index in [-0.39, 0.29) is 17.9 Å². The van der Waals surface area contributed by atoms with Crippen LogP contribution < -0.4 is 0 Å². The molecular formula is C32H25ClF3N5O4S. The zero-order chi connectivity index (χ0) is 31.8. The van der Waals surface area contributed by atoms with Crippen molar-refractivity contribution in [1.29, 1.82) is 0 Å². The van der Waals surface area contributed by atoms with Gasteiger partial charge in [-0.25, -0.2) is 17.9 Å². The molecule has 0 amide bonds. The topological polar surface area (TPSA) is 93.4 Å². The maximum atomic E-state index is 14.1. The standard InChI is InChI=1S/C32H25ClF3N5O4S/c1-42-30-28(41-15-23(39-40-41)19-11-21(34)26(36)22(35)12-19)29-24(16-43-31(45-29)18-5-3-2-4-6-18)44-32(30)46-25-13-20(33)14-38-27(25)17-7-9-37-10-8-17/h2-15,24,28-32H,16H2,1H3/t24?,28-,29-,30?,31?,32+/m0/s1. The minimum absolute atomic E-state index is 0.0215. The molecule has 9 nitrogen and oxygen atoms in total. The zero-order valence-corrected chi connectivity index (χ0v) is 25.6. The summed E-state index contributed by atoms with van der Waals surface area (Å²) in [6, 6.07) is 16.1. The highest BCUT2D eigenvalue weighted by Gasteiger charge is 2.52. The van der Waals surface area contributed by atoms with E-state index in [2.05, 4.69) is 20.3 Å². The predicted octanol–water partition coefficient (Wildman–Crippen LogP) is 6.66. The summed E-state index contributed by atoms with van der Waals surface area (Å²) in [4.78, 5) is 9.42. The minimum Gasteiger partial charge on any atom is -0.375 e. The Morgan fingerprint density at radius 1 is 0.978 bits per heavy atom. The Hall–Kier alpha value is -3.85. The van der Waals surface area contributed by atoms with Crippen LogP contribution >= 0.6 is 23.4 Å². The molecule has 0 saturated carbocycles. The number of benzene rings is 2. The van der Waals surface area contributed by atoms with Gasteiger partial charge >= 0.3 is 0 Å². The lowest BCUT2D eigenvalue weighted by Crippen LogP contribution is -2.59. The number of nitrogens with zero attached hydrogens (tertiary/aromatic N) is 5. The van der Waals surface area contributed by atoms with Crippen molar-refractivity contribution >= 4 is 23.4 Å². The van der Waals surface area contributed by atoms with Crippen molar-refractivity contribution < 1.29 is 32.1 Å². The summed E-state index contributed by atoms with van der Waals surface area (Å²) in [5.41, 5.74) is 1.83. The Morgan fingerprint density at radius 2 is 1.74 bits per heavy atom. The summed E-state index contributed by atoms with van der Waals surface area (Å²) in [5, 5.41) is 8.93. The Labute approximate surface area is 270 Å². The third kappa shape index (κ3) is 6.01. The first-order chi connectivity index (χ1) is 22.4. The van der Waals surface area contributed by atoms with E-state index >= 15 is 0 Å². The number of aromatic nitrogens is 5. The van der Waals surface area contributed by atoms with E-state index < -0.39 is 53.5 Å². The average molecular weight is 668 g/mol. The molecule has 5 aromatic rings. The van der Waals surface area contributed by atoms with Crippen molar-refractivity contribution in [3.8, 4) is 22.5 Å². The third-order valence-electron chi connectivity index (χ3n) is 7.76. The smallest absolute Gasteiger partial charge is 0.194 e. The van der Waals surface area contributed by atoms with E-state index in [0.717, 1.165) is 28.2 Å². The zero-order valence-electron chi connectivity index (χ0n) is 24.0. The van der Waals surface area contributed by atoms with Crippen LogP contribution in [-0.4, -0.2) is 62.4 Å². The van der Waals surface area contributed by atoms with Crippen molar-refractivity contribution in [1.82, 2.24) is 25.0 Å². The molecule has 0 spiro atoms. The highest BCUT2D eigenvalue weighted by Crippen LogP contribution is 2.46. The number of hydrogen-bond acceptors (Lipinski definition) is 9. The molecule has 46 heavy (non-hydrogen) atoms. The Morgan fingerprint density at radius 3 is 2.48 bits per heavy atom. The molecule has 7 rings (SSSR count). The van der Waals surface area contributed by atoms with Crippen LogP contribution in [0, 0.1) is 17.5 Å². The fraction of sp³-hybridized carbons (Fsp3) is 0.250. The maximum Gasteiger partial charge on any atom is 0.194 e. The average Bonchev–Trinajstić information content (AvgIpc) is 3.57. The lowest BCUT2D eigenvalue weighted by Gasteiger charge is -2.48. The van der Waals surface area contributed by atoms with Gasteiger partial charge in [0, 0.05) is 47.3 Å². The van der Waals surface area contributed by atoms with Crippen LogP contribution in [-0.2, 0) is 18.9 Å². The van der Waals surface area contributed by atoms with Crippen molar-refractivity contribution in [3.05, 3.63) is 113 Å². The minimum atomic E-state index is -1.56. The first-order valence-corrected chi connectivity index (χ1v) is 15.4. The SMILES string of the molecule is COC1[C@@H](Sc2cc(Cl)cnc2-c2ccncc2)OC2COC(c3ccccc3)O[C@@H]2[C@@H]1n1cc(-c2cc(F)c(F)c(F)c2)nn1. The Kier molecular flexibility index (Phi) is 8.77. The Balaban J connectivity index is 1.27. The molecule has 3 aromatic heterocycles. The van der Waals surface area contributed by atoms with Crippen molar-refractivity contribution in [2.45, 2.75) is 41.0 Å². The predicted molar refractivity (Wildman–Crippen MR) is 162 cm³/mol. The third-order valence-corrected chi connectivity index (χ3v) is 9.15. The number of rotatable bonds is 7. The van der Waals surface area contributed by atoms with E-state index in [1.807, 2.05) is 42.5 Å². The second-order valence-corrected chi connectivity index (χ2v) is 12.2. The summed E-state index contributed by atoms with van der Waals surface area (Å²) >= 11 is 7.76. The van der Waals surface area contributed by atoms with E-state index in [1.54, 1.807) is 31.8 Å². The molecule has 0 aliphatic carbocycles. The van der Waals surface area contributed by atoms with Crippen LogP contribution in [0.15, 0.2) is 90.3 Å². The molecule has 0 radical (unpaired) electrons. The normalized spacial score (nSPS) is 24.5. The van der Waals surface area contributed by atoms with Crippen molar-refractivity contribution in [2.75, 3.05) is 13.7 Å². The van der Waals surface area contributed by atoms with Gasteiger partial charge in [-0.2, -0.15) is 0 Å². The number of thioether (sulfide) groups is 1. The van der Waals surface area contributed by atoms with Gasteiger partial charge in [-0.15, -0.1) is 5.10 Å². The molecule has 2 aromatic carbocycles. The lowest BCUT2D eigenvalue weighted by molar-refractivity contribution is -0.308. The van der Waals surface area contributed by atoms with Gasteiger partial charge in [0.2, 0.25) is 0 Å². The van der Waals surface area contributed by atoms with Crippen LogP contribution in [0.3, 0.4) is 0 Å². The quantitative estimate of drug-likeness (QED) is 0.177. The van der Waals surface area contributed by atoms with Gasteiger partial charge in [0.05, 0.1) is 23.5 Å². The molecule has 2 saturated heterocycles. The molecule has 2 fully saturated rings. The second-order valence-electron chi connectivity index (χ2n) is 10.6. The number of hydrogen-bond donors (Lipinski definition) is 0. The van der Waals surface area contributed by atoms with Gasteiger partial charge in [0.15, 0.2) is 23.7 Å².